The molecule has 1 fully saturated rings. The van der Waals surface area contributed by atoms with Gasteiger partial charge in [-0.1, -0.05) is 6.07 Å². The fourth-order valence-electron chi connectivity index (χ4n) is 2.26. The van der Waals surface area contributed by atoms with E-state index in [4.69, 9.17) is 9.84 Å². The second-order valence-corrected chi connectivity index (χ2v) is 4.84. The van der Waals surface area contributed by atoms with Crippen LogP contribution in [0.4, 0.5) is 4.39 Å². The van der Waals surface area contributed by atoms with Crippen molar-refractivity contribution in [3.63, 3.8) is 0 Å². The number of hydrogen-bond acceptors (Lipinski definition) is 3. The summed E-state index contributed by atoms with van der Waals surface area (Å²) in [5.74, 6) is -0.199. The number of nitrogens with one attached hydrogen (secondary N) is 1. The number of hydrogen-bond donors (Lipinski definition) is 2. The highest BCUT2D eigenvalue weighted by atomic mass is 19.1. The van der Waals surface area contributed by atoms with Gasteiger partial charge in [-0.15, -0.1) is 0 Å². The summed E-state index contributed by atoms with van der Waals surface area (Å²) in [6.07, 6.45) is 2.05. The number of aliphatic hydroxyl groups excluding tert-OH is 1. The molecule has 2 N–H and O–H groups in total. The summed E-state index contributed by atoms with van der Waals surface area (Å²) in [5, 5.41) is 12.3. The van der Waals surface area contributed by atoms with Crippen molar-refractivity contribution in [3.8, 4) is 0 Å². The quantitative estimate of drug-likeness (QED) is 0.840. The maximum atomic E-state index is 13.1. The Labute approximate surface area is 107 Å². The molecule has 100 valence electrons. The number of rotatable bonds is 5. The van der Waals surface area contributed by atoms with Gasteiger partial charge in [-0.3, -0.25) is 0 Å². The van der Waals surface area contributed by atoms with Gasteiger partial charge in [0, 0.05) is 13.1 Å². The highest BCUT2D eigenvalue weighted by Gasteiger charge is 2.23. The van der Waals surface area contributed by atoms with E-state index in [0.29, 0.717) is 6.54 Å². The molecule has 0 spiro atoms. The molecule has 1 heterocycles. The van der Waals surface area contributed by atoms with E-state index in [9.17, 15) is 4.39 Å². The van der Waals surface area contributed by atoms with Crippen LogP contribution in [0.2, 0.25) is 0 Å². The minimum absolute atomic E-state index is 0.00675. The first-order chi connectivity index (χ1) is 8.69. The molecule has 0 radical (unpaired) electrons. The van der Waals surface area contributed by atoms with Crippen LogP contribution in [0, 0.1) is 12.7 Å². The Bertz CT molecular complexity index is 397. The molecular weight excluding hydrogens is 233 g/mol. The first kappa shape index (κ1) is 13.5. The van der Waals surface area contributed by atoms with E-state index in [2.05, 4.69) is 5.32 Å². The Morgan fingerprint density at radius 1 is 1.39 bits per heavy atom. The van der Waals surface area contributed by atoms with Crippen LogP contribution in [0.15, 0.2) is 18.2 Å². The lowest BCUT2D eigenvalue weighted by Gasteiger charge is -2.14. The Balaban J connectivity index is 1.77. The maximum absolute atomic E-state index is 13.1. The Morgan fingerprint density at radius 2 is 2.17 bits per heavy atom. The smallest absolute Gasteiger partial charge is 0.123 e. The summed E-state index contributed by atoms with van der Waals surface area (Å²) < 4.78 is 18.7. The summed E-state index contributed by atoms with van der Waals surface area (Å²) in [4.78, 5) is 0. The number of halogens is 1. The first-order valence-corrected chi connectivity index (χ1v) is 6.41. The van der Waals surface area contributed by atoms with Crippen LogP contribution in [-0.4, -0.2) is 30.5 Å². The highest BCUT2D eigenvalue weighted by molar-refractivity contribution is 5.26. The lowest BCUT2D eigenvalue weighted by Crippen LogP contribution is -2.27. The van der Waals surface area contributed by atoms with Crippen molar-refractivity contribution in [1.29, 1.82) is 0 Å². The molecule has 1 aromatic carbocycles. The number of aliphatic hydroxyl groups is 1. The molecule has 0 saturated carbocycles. The molecule has 0 aliphatic carbocycles. The van der Waals surface area contributed by atoms with Crippen molar-refractivity contribution in [2.45, 2.75) is 38.5 Å². The van der Waals surface area contributed by atoms with Gasteiger partial charge in [-0.25, -0.2) is 4.39 Å². The van der Waals surface area contributed by atoms with E-state index in [0.717, 1.165) is 30.5 Å². The van der Waals surface area contributed by atoms with Crippen molar-refractivity contribution >= 4 is 0 Å². The van der Waals surface area contributed by atoms with Crippen LogP contribution in [-0.2, 0) is 11.3 Å². The minimum atomic E-state index is -0.199. The van der Waals surface area contributed by atoms with Gasteiger partial charge < -0.3 is 15.2 Å². The number of benzene rings is 1. The molecule has 0 bridgehead atoms. The average Bonchev–Trinajstić information content (AvgIpc) is 2.81. The fourth-order valence-corrected chi connectivity index (χ4v) is 2.26. The van der Waals surface area contributed by atoms with E-state index in [1.54, 1.807) is 12.1 Å². The van der Waals surface area contributed by atoms with E-state index in [1.807, 2.05) is 6.92 Å². The predicted octanol–water partition coefficient (Wildman–Crippen LogP) is 1.76. The molecule has 1 aromatic rings. The van der Waals surface area contributed by atoms with Crippen LogP contribution in [0.3, 0.4) is 0 Å². The van der Waals surface area contributed by atoms with Crippen molar-refractivity contribution in [2.75, 3.05) is 13.2 Å². The van der Waals surface area contributed by atoms with Crippen molar-refractivity contribution < 1.29 is 14.2 Å². The lowest BCUT2D eigenvalue weighted by atomic mass is 10.1. The lowest BCUT2D eigenvalue weighted by molar-refractivity contribution is 0.0123. The van der Waals surface area contributed by atoms with Gasteiger partial charge in [0.15, 0.2) is 0 Å². The van der Waals surface area contributed by atoms with Gasteiger partial charge in [0.1, 0.15) is 5.82 Å². The minimum Gasteiger partial charge on any atom is -0.394 e. The fraction of sp³-hybridized carbons (Fsp3) is 0.571. The summed E-state index contributed by atoms with van der Waals surface area (Å²) in [7, 11) is 0. The Kier molecular flexibility index (Phi) is 4.69. The molecule has 1 aliphatic rings. The second-order valence-electron chi connectivity index (χ2n) is 4.84. The van der Waals surface area contributed by atoms with Crippen LogP contribution in [0.25, 0.3) is 0 Å². The van der Waals surface area contributed by atoms with Gasteiger partial charge in [0.25, 0.3) is 0 Å². The molecule has 0 unspecified atom stereocenters. The zero-order chi connectivity index (χ0) is 13.0. The summed E-state index contributed by atoms with van der Waals surface area (Å²) in [5.41, 5.74) is 2.07. The zero-order valence-corrected chi connectivity index (χ0v) is 10.7. The number of ether oxygens (including phenoxy) is 1. The van der Waals surface area contributed by atoms with E-state index in [1.165, 1.54) is 6.07 Å². The van der Waals surface area contributed by atoms with Gasteiger partial charge in [-0.05, 0) is 43.0 Å². The topological polar surface area (TPSA) is 41.5 Å². The monoisotopic (exact) mass is 253 g/mol. The third-order valence-electron chi connectivity index (χ3n) is 3.40. The predicted molar refractivity (Wildman–Crippen MR) is 67.8 cm³/mol. The van der Waals surface area contributed by atoms with Crippen molar-refractivity contribution in [3.05, 3.63) is 35.1 Å². The normalized spacial score (nSPS) is 23.5. The first-order valence-electron chi connectivity index (χ1n) is 6.41. The van der Waals surface area contributed by atoms with Gasteiger partial charge >= 0.3 is 0 Å². The molecule has 2 rings (SSSR count). The molecule has 18 heavy (non-hydrogen) atoms. The highest BCUT2D eigenvalue weighted by Crippen LogP contribution is 2.18. The Morgan fingerprint density at radius 3 is 2.89 bits per heavy atom. The van der Waals surface area contributed by atoms with Gasteiger partial charge in [-0.2, -0.15) is 0 Å². The summed E-state index contributed by atoms with van der Waals surface area (Å²) >= 11 is 0. The largest absolute Gasteiger partial charge is 0.394 e. The molecule has 2 atom stereocenters. The summed E-state index contributed by atoms with van der Waals surface area (Å²) in [6.45, 7) is 3.46. The maximum Gasteiger partial charge on any atom is 0.123 e. The molecule has 4 heteroatoms. The third-order valence-corrected chi connectivity index (χ3v) is 3.40. The average molecular weight is 253 g/mol. The number of aryl methyl sites for hydroxylation is 1. The molecule has 0 amide bonds. The molecule has 0 aromatic heterocycles. The zero-order valence-electron chi connectivity index (χ0n) is 10.7. The standard InChI is InChI=1S/C14H20FNO2/c1-10-2-3-12(15)6-11(10)7-16-8-13-4-5-14(9-17)18-13/h2-3,6,13-14,16-17H,4-5,7-9H2,1H3/t13-,14+/m1/s1. The molecule has 3 nitrogen and oxygen atoms in total. The SMILES string of the molecule is Cc1ccc(F)cc1CNC[C@H]1CC[C@@H](CO)O1. The molecular formula is C14H20FNO2. The van der Waals surface area contributed by atoms with E-state index >= 15 is 0 Å². The van der Waals surface area contributed by atoms with Crippen LogP contribution in [0.5, 0.6) is 0 Å². The van der Waals surface area contributed by atoms with Crippen molar-refractivity contribution in [1.82, 2.24) is 5.32 Å². The van der Waals surface area contributed by atoms with Crippen LogP contribution < -0.4 is 5.32 Å². The molecule has 1 saturated heterocycles. The molecule has 1 aliphatic heterocycles. The van der Waals surface area contributed by atoms with E-state index < -0.39 is 0 Å². The van der Waals surface area contributed by atoms with Gasteiger partial charge in [0.2, 0.25) is 0 Å². The second kappa shape index (κ2) is 6.27. The van der Waals surface area contributed by atoms with Crippen LogP contribution >= 0.6 is 0 Å². The third kappa shape index (κ3) is 3.51. The Hall–Kier alpha value is -0.970. The van der Waals surface area contributed by atoms with Crippen LogP contribution in [0.1, 0.15) is 24.0 Å². The summed E-state index contributed by atoms with van der Waals surface area (Å²) in [6, 6.07) is 4.83. The van der Waals surface area contributed by atoms with E-state index in [-0.39, 0.29) is 24.6 Å². The van der Waals surface area contributed by atoms with Crippen molar-refractivity contribution in [2.24, 2.45) is 0 Å². The van der Waals surface area contributed by atoms with Gasteiger partial charge in [0.05, 0.1) is 18.8 Å².